The second-order valence-corrected chi connectivity index (χ2v) is 4.22. The smallest absolute Gasteiger partial charge is 0.302 e. The highest BCUT2D eigenvalue weighted by molar-refractivity contribution is 6.25. The van der Waals surface area contributed by atoms with Gasteiger partial charge in [0.15, 0.2) is 0 Å². The van der Waals surface area contributed by atoms with Gasteiger partial charge in [-0.2, -0.15) is 0 Å². The predicted octanol–water partition coefficient (Wildman–Crippen LogP) is 3.19. The van der Waals surface area contributed by atoms with Gasteiger partial charge in [-0.3, -0.25) is 9.79 Å². The van der Waals surface area contributed by atoms with Gasteiger partial charge in [0.25, 0.3) is 0 Å². The predicted molar refractivity (Wildman–Crippen MR) is 80.6 cm³/mol. The lowest BCUT2D eigenvalue weighted by Gasteiger charge is -2.06. The van der Waals surface area contributed by atoms with Crippen molar-refractivity contribution in [3.05, 3.63) is 41.4 Å². The van der Waals surface area contributed by atoms with E-state index in [0.717, 1.165) is 11.3 Å². The molecular weight excluding hydrogens is 278 g/mol. The summed E-state index contributed by atoms with van der Waals surface area (Å²) in [5.74, 6) is 0.517. The Labute approximate surface area is 124 Å². The zero-order valence-electron chi connectivity index (χ0n) is 11.4. The van der Waals surface area contributed by atoms with E-state index in [0.29, 0.717) is 26.2 Å². The van der Waals surface area contributed by atoms with Crippen LogP contribution in [0.15, 0.2) is 40.9 Å². The molecule has 0 aromatic heterocycles. The number of rotatable bonds is 8. The Hall–Kier alpha value is -1.81. The molecule has 1 aromatic carbocycles. The van der Waals surface area contributed by atoms with E-state index in [1.807, 2.05) is 24.3 Å². The van der Waals surface area contributed by atoms with Gasteiger partial charge >= 0.3 is 5.97 Å². The Bertz CT molecular complexity index is 455. The van der Waals surface area contributed by atoms with Crippen LogP contribution in [0.5, 0.6) is 5.75 Å². The molecule has 0 aliphatic carbocycles. The summed E-state index contributed by atoms with van der Waals surface area (Å²) in [7, 11) is 0. The SMILES string of the molecule is CC(=O)OCCCOc1ccc(C=NC/C=C/Cl)cc1. The van der Waals surface area contributed by atoms with Gasteiger partial charge in [0.1, 0.15) is 5.75 Å². The molecule has 4 nitrogen and oxygen atoms in total. The summed E-state index contributed by atoms with van der Waals surface area (Å²) < 4.78 is 10.3. The second kappa shape index (κ2) is 10.0. The number of carbonyl (C=O) groups is 1. The summed E-state index contributed by atoms with van der Waals surface area (Å²) in [4.78, 5) is 14.7. The fourth-order valence-corrected chi connectivity index (χ4v) is 1.45. The van der Waals surface area contributed by atoms with Gasteiger partial charge in [-0.25, -0.2) is 0 Å². The third-order valence-corrected chi connectivity index (χ3v) is 2.46. The fourth-order valence-electron chi connectivity index (χ4n) is 1.37. The number of hydrogen-bond donors (Lipinski definition) is 0. The Kier molecular flexibility index (Phi) is 8.15. The minimum Gasteiger partial charge on any atom is -0.493 e. The van der Waals surface area contributed by atoms with Crippen LogP contribution in [0, 0.1) is 0 Å². The van der Waals surface area contributed by atoms with Gasteiger partial charge in [-0.15, -0.1) is 0 Å². The highest BCUT2D eigenvalue weighted by Crippen LogP contribution is 2.11. The molecule has 0 saturated carbocycles. The molecule has 0 N–H and O–H groups in total. The Morgan fingerprint density at radius 1 is 1.30 bits per heavy atom. The van der Waals surface area contributed by atoms with E-state index in [4.69, 9.17) is 21.1 Å². The molecule has 0 aliphatic heterocycles. The lowest BCUT2D eigenvalue weighted by Crippen LogP contribution is -2.05. The first-order valence-electron chi connectivity index (χ1n) is 6.33. The van der Waals surface area contributed by atoms with Crippen molar-refractivity contribution < 1.29 is 14.3 Å². The monoisotopic (exact) mass is 295 g/mol. The number of carbonyl (C=O) groups excluding carboxylic acids is 1. The van der Waals surface area contributed by atoms with Crippen molar-refractivity contribution in [3.63, 3.8) is 0 Å². The van der Waals surface area contributed by atoms with Gasteiger partial charge in [0.2, 0.25) is 0 Å². The van der Waals surface area contributed by atoms with Crippen molar-refractivity contribution in [2.45, 2.75) is 13.3 Å². The quantitative estimate of drug-likeness (QED) is 0.420. The van der Waals surface area contributed by atoms with E-state index in [1.54, 1.807) is 12.3 Å². The van der Waals surface area contributed by atoms with Gasteiger partial charge < -0.3 is 9.47 Å². The number of benzene rings is 1. The minimum atomic E-state index is -0.266. The molecule has 0 saturated heterocycles. The van der Waals surface area contributed by atoms with Gasteiger partial charge in [0.05, 0.1) is 19.8 Å². The molecule has 0 unspecified atom stereocenters. The molecule has 0 bridgehead atoms. The average Bonchev–Trinajstić information content (AvgIpc) is 2.44. The van der Waals surface area contributed by atoms with E-state index in [9.17, 15) is 4.79 Å². The summed E-state index contributed by atoms with van der Waals surface area (Å²) in [5, 5.41) is 0. The largest absolute Gasteiger partial charge is 0.493 e. The van der Waals surface area contributed by atoms with Crippen LogP contribution in [0.3, 0.4) is 0 Å². The molecule has 5 heteroatoms. The molecule has 0 atom stereocenters. The number of ether oxygens (including phenoxy) is 2. The van der Waals surface area contributed by atoms with Crippen molar-refractivity contribution >= 4 is 23.8 Å². The maximum absolute atomic E-state index is 10.6. The van der Waals surface area contributed by atoms with Crippen LogP contribution in [-0.2, 0) is 9.53 Å². The summed E-state index contributed by atoms with van der Waals surface area (Å²) in [5.41, 5.74) is 2.45. The Morgan fingerprint density at radius 3 is 2.70 bits per heavy atom. The molecule has 1 rings (SSSR count). The standard InChI is InChI=1S/C15H18ClNO3/c1-13(18)19-10-3-11-20-15-6-4-14(5-7-15)12-17-9-2-8-16/h2,4-8,12H,3,9-11H2,1H3/b8-2+,17-12?. The molecule has 0 aliphatic rings. The maximum Gasteiger partial charge on any atom is 0.302 e. The summed E-state index contributed by atoms with van der Waals surface area (Å²) >= 11 is 5.39. The molecule has 0 fully saturated rings. The number of halogens is 1. The summed E-state index contributed by atoms with van der Waals surface area (Å²) in [6, 6.07) is 7.61. The molecule has 0 heterocycles. The van der Waals surface area contributed by atoms with Gasteiger partial charge in [-0.05, 0) is 29.8 Å². The number of esters is 1. The molecule has 20 heavy (non-hydrogen) atoms. The fraction of sp³-hybridized carbons (Fsp3) is 0.333. The average molecular weight is 296 g/mol. The van der Waals surface area contributed by atoms with Crippen LogP contribution >= 0.6 is 11.6 Å². The third kappa shape index (κ3) is 7.59. The van der Waals surface area contributed by atoms with E-state index in [2.05, 4.69) is 4.99 Å². The molecule has 108 valence electrons. The van der Waals surface area contributed by atoms with E-state index in [1.165, 1.54) is 12.5 Å². The first kappa shape index (κ1) is 16.2. The first-order valence-corrected chi connectivity index (χ1v) is 6.77. The second-order valence-electron chi connectivity index (χ2n) is 3.97. The number of aliphatic imine (C=N–C) groups is 1. The minimum absolute atomic E-state index is 0.266. The van der Waals surface area contributed by atoms with E-state index in [-0.39, 0.29) is 5.97 Å². The van der Waals surface area contributed by atoms with Crippen LogP contribution in [0.4, 0.5) is 0 Å². The van der Waals surface area contributed by atoms with Crippen molar-refractivity contribution in [1.29, 1.82) is 0 Å². The van der Waals surface area contributed by atoms with Crippen molar-refractivity contribution in [2.24, 2.45) is 4.99 Å². The zero-order valence-corrected chi connectivity index (χ0v) is 12.2. The highest BCUT2D eigenvalue weighted by Gasteiger charge is 1.96. The van der Waals surface area contributed by atoms with Crippen LogP contribution < -0.4 is 4.74 Å². The topological polar surface area (TPSA) is 47.9 Å². The van der Waals surface area contributed by atoms with Crippen LogP contribution in [0.1, 0.15) is 18.9 Å². The van der Waals surface area contributed by atoms with E-state index >= 15 is 0 Å². The zero-order chi connectivity index (χ0) is 14.6. The lowest BCUT2D eigenvalue weighted by molar-refractivity contribution is -0.141. The summed E-state index contributed by atoms with van der Waals surface area (Å²) in [6.45, 7) is 2.86. The van der Waals surface area contributed by atoms with Gasteiger partial charge in [0, 0.05) is 25.1 Å². The third-order valence-electron chi connectivity index (χ3n) is 2.28. The maximum atomic E-state index is 10.6. The highest BCUT2D eigenvalue weighted by atomic mass is 35.5. The Balaban J connectivity index is 2.28. The molecule has 0 amide bonds. The number of hydrogen-bond acceptors (Lipinski definition) is 4. The molecule has 1 aromatic rings. The Morgan fingerprint density at radius 2 is 2.05 bits per heavy atom. The molecular formula is C15H18ClNO3. The van der Waals surface area contributed by atoms with Gasteiger partial charge in [-0.1, -0.05) is 17.7 Å². The molecule has 0 spiro atoms. The summed E-state index contributed by atoms with van der Waals surface area (Å²) in [6.07, 6.45) is 4.22. The van der Waals surface area contributed by atoms with Crippen LogP contribution in [0.25, 0.3) is 0 Å². The van der Waals surface area contributed by atoms with Crippen LogP contribution in [-0.4, -0.2) is 31.9 Å². The number of nitrogens with zero attached hydrogens (tertiary/aromatic N) is 1. The van der Waals surface area contributed by atoms with Crippen LogP contribution in [0.2, 0.25) is 0 Å². The van der Waals surface area contributed by atoms with Crippen molar-refractivity contribution in [2.75, 3.05) is 19.8 Å². The van der Waals surface area contributed by atoms with Crippen molar-refractivity contribution in [3.8, 4) is 5.75 Å². The normalized spacial score (nSPS) is 11.1. The van der Waals surface area contributed by atoms with Crippen molar-refractivity contribution in [1.82, 2.24) is 0 Å². The first-order chi connectivity index (χ1) is 9.72. The molecule has 0 radical (unpaired) electrons. The lowest BCUT2D eigenvalue weighted by atomic mass is 10.2. The van der Waals surface area contributed by atoms with E-state index < -0.39 is 0 Å².